The topological polar surface area (TPSA) is 21.3 Å². The molecule has 0 radical (unpaired) electrons. The minimum absolute atomic E-state index is 0.570. The summed E-state index contributed by atoms with van der Waals surface area (Å²) in [6.45, 7) is 1.13. The number of nitrogens with one attached hydrogen (secondary N) is 1. The second-order valence-corrected chi connectivity index (χ2v) is 4.69. The van der Waals surface area contributed by atoms with Crippen molar-refractivity contribution in [2.45, 2.75) is 31.7 Å². The fraction of sp³-hybridized carbons (Fsp3) is 0.538. The van der Waals surface area contributed by atoms with Crippen LogP contribution in [0.25, 0.3) is 0 Å². The van der Waals surface area contributed by atoms with Gasteiger partial charge in [-0.15, -0.1) is 0 Å². The van der Waals surface area contributed by atoms with Crippen molar-refractivity contribution in [3.8, 4) is 5.75 Å². The molecule has 2 rings (SSSR count). The maximum Gasteiger partial charge on any atom is 0.140 e. The van der Waals surface area contributed by atoms with E-state index in [0.29, 0.717) is 11.1 Å². The van der Waals surface area contributed by atoms with Crippen molar-refractivity contribution in [2.24, 2.45) is 0 Å². The van der Waals surface area contributed by atoms with Gasteiger partial charge in [0.25, 0.3) is 0 Å². The van der Waals surface area contributed by atoms with Gasteiger partial charge < -0.3 is 10.1 Å². The van der Waals surface area contributed by atoms with Crippen molar-refractivity contribution in [2.75, 3.05) is 13.7 Å². The molecule has 1 heterocycles. The highest BCUT2D eigenvalue weighted by Crippen LogP contribution is 2.29. The van der Waals surface area contributed by atoms with E-state index in [-0.39, 0.29) is 0 Å². The molecule has 88 valence electrons. The van der Waals surface area contributed by atoms with Crippen LogP contribution in [0.4, 0.5) is 0 Å². The van der Waals surface area contributed by atoms with E-state index >= 15 is 0 Å². The molecule has 3 heteroatoms. The van der Waals surface area contributed by atoms with Gasteiger partial charge >= 0.3 is 0 Å². The molecule has 1 aliphatic rings. The lowest BCUT2D eigenvalue weighted by Gasteiger charge is -2.24. The van der Waals surface area contributed by atoms with Crippen LogP contribution in [0.3, 0.4) is 0 Å². The summed E-state index contributed by atoms with van der Waals surface area (Å²) in [6.07, 6.45) is 4.86. The summed E-state index contributed by atoms with van der Waals surface area (Å²) in [5.74, 6) is 0.830. The van der Waals surface area contributed by atoms with E-state index in [9.17, 15) is 0 Å². The third kappa shape index (κ3) is 2.69. The predicted octanol–water partition coefficient (Wildman–Crippen LogP) is 3.03. The Morgan fingerprint density at radius 3 is 3.00 bits per heavy atom. The number of hydrogen-bond donors (Lipinski definition) is 1. The van der Waals surface area contributed by atoms with Gasteiger partial charge in [-0.1, -0.05) is 30.2 Å². The number of para-hydroxylation sites is 1. The molecule has 1 aliphatic heterocycles. The quantitative estimate of drug-likeness (QED) is 0.876. The Kier molecular flexibility index (Phi) is 4.08. The molecule has 0 spiro atoms. The standard InChI is InChI=1S/C13H18ClNO/c1-16-13-10(5-4-7-12(13)14)9-11-6-2-3-8-15-11/h4-5,7,11,15H,2-3,6,8-9H2,1H3. The van der Waals surface area contributed by atoms with E-state index in [4.69, 9.17) is 16.3 Å². The molecule has 1 saturated heterocycles. The molecule has 0 aromatic heterocycles. The third-order valence-corrected chi connectivity index (χ3v) is 3.43. The van der Waals surface area contributed by atoms with Crippen molar-refractivity contribution in [1.82, 2.24) is 5.32 Å². The van der Waals surface area contributed by atoms with E-state index in [1.54, 1.807) is 7.11 Å². The average molecular weight is 240 g/mol. The summed E-state index contributed by atoms with van der Waals surface area (Å²) in [6, 6.07) is 6.53. The zero-order valence-electron chi connectivity index (χ0n) is 9.63. The first-order chi connectivity index (χ1) is 7.81. The molecule has 0 bridgehead atoms. The van der Waals surface area contributed by atoms with Crippen LogP contribution in [0.5, 0.6) is 5.75 Å². The highest BCUT2D eigenvalue weighted by Gasteiger charge is 2.16. The van der Waals surface area contributed by atoms with Gasteiger partial charge in [-0.25, -0.2) is 0 Å². The molecule has 1 aromatic carbocycles. The maximum atomic E-state index is 6.10. The van der Waals surface area contributed by atoms with Crippen LogP contribution in [0, 0.1) is 0 Å². The number of halogens is 1. The average Bonchev–Trinajstić information content (AvgIpc) is 2.31. The fourth-order valence-corrected chi connectivity index (χ4v) is 2.58. The molecular weight excluding hydrogens is 222 g/mol. The molecule has 1 fully saturated rings. The van der Waals surface area contributed by atoms with Gasteiger partial charge in [0.05, 0.1) is 12.1 Å². The third-order valence-electron chi connectivity index (χ3n) is 3.13. The van der Waals surface area contributed by atoms with Crippen molar-refractivity contribution in [3.63, 3.8) is 0 Å². The smallest absolute Gasteiger partial charge is 0.140 e. The number of methoxy groups -OCH3 is 1. The molecule has 1 atom stereocenters. The van der Waals surface area contributed by atoms with E-state index in [1.807, 2.05) is 12.1 Å². The Labute approximate surface area is 102 Å². The molecule has 16 heavy (non-hydrogen) atoms. The summed E-state index contributed by atoms with van der Waals surface area (Å²) in [5.41, 5.74) is 1.20. The van der Waals surface area contributed by atoms with E-state index < -0.39 is 0 Å². The van der Waals surface area contributed by atoms with Crippen molar-refractivity contribution in [1.29, 1.82) is 0 Å². The first-order valence-electron chi connectivity index (χ1n) is 5.86. The summed E-state index contributed by atoms with van der Waals surface area (Å²) >= 11 is 6.10. The lowest BCUT2D eigenvalue weighted by molar-refractivity contribution is 0.382. The fourth-order valence-electron chi connectivity index (χ4n) is 2.31. The van der Waals surface area contributed by atoms with Crippen LogP contribution in [0.1, 0.15) is 24.8 Å². The Morgan fingerprint density at radius 1 is 1.44 bits per heavy atom. The zero-order chi connectivity index (χ0) is 11.4. The van der Waals surface area contributed by atoms with Crippen molar-refractivity contribution in [3.05, 3.63) is 28.8 Å². The number of hydrogen-bond acceptors (Lipinski definition) is 2. The molecule has 0 aliphatic carbocycles. The summed E-state index contributed by atoms with van der Waals surface area (Å²) < 4.78 is 5.36. The SMILES string of the molecule is COc1c(Cl)cccc1CC1CCCCN1. The lowest BCUT2D eigenvalue weighted by atomic mass is 9.97. The first kappa shape index (κ1) is 11.7. The molecule has 2 nitrogen and oxygen atoms in total. The van der Waals surface area contributed by atoms with Crippen LogP contribution >= 0.6 is 11.6 Å². The minimum atomic E-state index is 0.570. The number of ether oxygens (including phenoxy) is 1. The largest absolute Gasteiger partial charge is 0.495 e. The van der Waals surface area contributed by atoms with Crippen molar-refractivity contribution < 1.29 is 4.74 Å². The normalized spacial score (nSPS) is 20.8. The second kappa shape index (κ2) is 5.55. The minimum Gasteiger partial charge on any atom is -0.495 e. The highest BCUT2D eigenvalue weighted by molar-refractivity contribution is 6.32. The molecule has 1 N–H and O–H groups in total. The second-order valence-electron chi connectivity index (χ2n) is 4.28. The van der Waals surface area contributed by atoms with Crippen LogP contribution in [-0.2, 0) is 6.42 Å². The van der Waals surface area contributed by atoms with E-state index in [1.165, 1.54) is 24.8 Å². The Balaban J connectivity index is 2.10. The lowest BCUT2D eigenvalue weighted by Crippen LogP contribution is -2.35. The van der Waals surface area contributed by atoms with Crippen LogP contribution in [0.15, 0.2) is 18.2 Å². The van der Waals surface area contributed by atoms with Gasteiger partial charge in [0.15, 0.2) is 0 Å². The molecule has 0 saturated carbocycles. The van der Waals surface area contributed by atoms with Gasteiger partial charge in [-0.3, -0.25) is 0 Å². The molecule has 1 aromatic rings. The van der Waals surface area contributed by atoms with E-state index in [0.717, 1.165) is 18.7 Å². The summed E-state index contributed by atoms with van der Waals surface area (Å²) in [5, 5.41) is 4.24. The Bertz CT molecular complexity index is 348. The first-order valence-corrected chi connectivity index (χ1v) is 6.24. The van der Waals surface area contributed by atoms with Gasteiger partial charge in [0.1, 0.15) is 5.75 Å². The molecule has 1 unspecified atom stereocenters. The van der Waals surface area contributed by atoms with Crippen LogP contribution in [0.2, 0.25) is 5.02 Å². The molecule has 0 amide bonds. The monoisotopic (exact) mass is 239 g/mol. The van der Waals surface area contributed by atoms with E-state index in [2.05, 4.69) is 11.4 Å². The van der Waals surface area contributed by atoms with Crippen LogP contribution < -0.4 is 10.1 Å². The van der Waals surface area contributed by atoms with Crippen LogP contribution in [-0.4, -0.2) is 19.7 Å². The van der Waals surface area contributed by atoms with Gasteiger partial charge in [-0.05, 0) is 37.4 Å². The maximum absolute atomic E-state index is 6.10. The summed E-state index contributed by atoms with van der Waals surface area (Å²) in [7, 11) is 1.68. The Hall–Kier alpha value is -0.730. The molecular formula is C13H18ClNO. The summed E-state index contributed by atoms with van der Waals surface area (Å²) in [4.78, 5) is 0. The van der Waals surface area contributed by atoms with Gasteiger partial charge in [0.2, 0.25) is 0 Å². The van der Waals surface area contributed by atoms with Crippen molar-refractivity contribution >= 4 is 11.6 Å². The zero-order valence-corrected chi connectivity index (χ0v) is 10.4. The van der Waals surface area contributed by atoms with Gasteiger partial charge in [-0.2, -0.15) is 0 Å². The highest BCUT2D eigenvalue weighted by atomic mass is 35.5. The van der Waals surface area contributed by atoms with Gasteiger partial charge in [0, 0.05) is 6.04 Å². The number of piperidine rings is 1. The Morgan fingerprint density at radius 2 is 2.31 bits per heavy atom. The number of rotatable bonds is 3. The number of benzene rings is 1. The predicted molar refractivity (Wildman–Crippen MR) is 67.3 cm³/mol.